The van der Waals surface area contributed by atoms with Gasteiger partial charge in [-0.1, -0.05) is 62.6 Å². The van der Waals surface area contributed by atoms with Gasteiger partial charge in [-0.3, -0.25) is 0 Å². The van der Waals surface area contributed by atoms with Crippen LogP contribution in [-0.4, -0.2) is 21.9 Å². The summed E-state index contributed by atoms with van der Waals surface area (Å²) in [7, 11) is 0. The molecule has 3 atom stereocenters. The quantitative estimate of drug-likeness (QED) is 0.272. The minimum Gasteiger partial charge on any atom is -0.565 e. The van der Waals surface area contributed by atoms with Crippen molar-refractivity contribution in [1.29, 1.82) is 0 Å². The molecule has 1 aliphatic rings. The molecule has 3 nitrogen and oxygen atoms in total. The van der Waals surface area contributed by atoms with E-state index in [-0.39, 0.29) is 54.8 Å². The second kappa shape index (κ2) is 9.72. The number of aliphatic hydroxyl groups excluding tert-OH is 1. The molecule has 1 aliphatic carbocycles. The van der Waals surface area contributed by atoms with Gasteiger partial charge in [0.05, 0.1) is 0 Å². The van der Waals surface area contributed by atoms with Crippen LogP contribution < -0.4 is 0 Å². The van der Waals surface area contributed by atoms with E-state index in [2.05, 4.69) is 55.4 Å². The molecule has 0 saturated heterocycles. The number of benzene rings is 1. The van der Waals surface area contributed by atoms with Gasteiger partial charge in [-0.25, -0.2) is 0 Å². The molecule has 0 aromatic heterocycles. The largest absolute Gasteiger partial charge is 2.00 e. The van der Waals surface area contributed by atoms with Crippen molar-refractivity contribution in [3.05, 3.63) is 52.4 Å². The third kappa shape index (κ3) is 4.68. The summed E-state index contributed by atoms with van der Waals surface area (Å²) in [6.07, 6.45) is 5.03. The Hall–Kier alpha value is -0.637. The maximum absolute atomic E-state index is 11.1. The first-order chi connectivity index (χ1) is 12.2. The van der Waals surface area contributed by atoms with E-state index in [0.29, 0.717) is 28.4 Å². The van der Waals surface area contributed by atoms with Gasteiger partial charge in [-0.2, -0.15) is 12.5 Å². The van der Waals surface area contributed by atoms with Gasteiger partial charge in [0, 0.05) is 18.1 Å². The van der Waals surface area contributed by atoms with Gasteiger partial charge in [0.2, 0.25) is 0 Å². The van der Waals surface area contributed by atoms with E-state index in [1.54, 1.807) is 0 Å². The molecule has 0 heterocycles. The zero-order valence-corrected chi connectivity index (χ0v) is 21.2. The number of phenols is 2. The van der Waals surface area contributed by atoms with Crippen LogP contribution in [0.5, 0.6) is 11.5 Å². The summed E-state index contributed by atoms with van der Waals surface area (Å²) < 4.78 is 0.428. The fourth-order valence-corrected chi connectivity index (χ4v) is 4.26. The number of aliphatic hydroxyl groups is 1. The monoisotopic (exact) mass is 484 g/mol. The molecule has 5 heteroatoms. The molecule has 0 aliphatic heterocycles. The molecule has 0 saturated carbocycles. The molecular weight excluding hydrogens is 458 g/mol. The van der Waals surface area contributed by atoms with Crippen LogP contribution in [0.4, 0.5) is 0 Å². The van der Waals surface area contributed by atoms with E-state index >= 15 is 0 Å². The van der Waals surface area contributed by atoms with Crippen LogP contribution in [0.15, 0.2) is 28.3 Å². The summed E-state index contributed by atoms with van der Waals surface area (Å²) in [5.74, 6) is -0.240. The van der Waals surface area contributed by atoms with E-state index in [4.69, 9.17) is 0 Å². The van der Waals surface area contributed by atoms with Gasteiger partial charge in [-0.15, -0.1) is 5.56 Å². The van der Waals surface area contributed by atoms with E-state index in [0.717, 1.165) is 18.4 Å². The number of phenolic OH excluding ortho intramolecular Hbond substituents is 2. The van der Waals surface area contributed by atoms with Crippen molar-refractivity contribution >= 4 is 15.9 Å². The van der Waals surface area contributed by atoms with Gasteiger partial charge in [0.15, 0.2) is 0 Å². The van der Waals surface area contributed by atoms with Gasteiger partial charge < -0.3 is 22.2 Å². The molecule has 144 valence electrons. The van der Waals surface area contributed by atoms with Gasteiger partial charge in [-0.05, 0) is 44.4 Å². The molecule has 3 N–H and O–H groups in total. The van der Waals surface area contributed by atoms with Crippen LogP contribution in [0.2, 0.25) is 0 Å². The first-order valence-electron chi connectivity index (χ1n) is 9.07. The van der Waals surface area contributed by atoms with Crippen molar-refractivity contribution in [3.8, 4) is 11.5 Å². The maximum atomic E-state index is 11.1. The van der Waals surface area contributed by atoms with Crippen molar-refractivity contribution < 1.29 is 34.8 Å². The second-order valence-electron chi connectivity index (χ2n) is 7.65. The number of hydrogen-bond acceptors (Lipinski definition) is 3. The molecule has 0 spiro atoms. The van der Waals surface area contributed by atoms with Crippen LogP contribution in [0.1, 0.15) is 69.4 Å². The number of halogens is 1. The SMILES string of the molecule is C=C(C)[C@]1(C)CCC(C)=CC1c1c(O)c(Br)[c-]c([C@@H](C[CH2-])CCO)c1O.[Zn+2]. The molecule has 1 aromatic carbocycles. The standard InChI is InChI=1S/C22H29BrO3.Zn/c1-6-15(8-10-24)16-12-18(23)21(26)19(20(16)25)17-11-14(4)7-9-22(17,5)13(2)3;/h11,15,17,24-26H,1-2,6-10H2,3-5H3;/q-2;+2/t15-,17?,22-;/m0./s1. The van der Waals surface area contributed by atoms with Crippen molar-refractivity contribution in [2.45, 2.75) is 58.3 Å². The third-order valence-corrected chi connectivity index (χ3v) is 6.49. The van der Waals surface area contributed by atoms with Gasteiger partial charge >= 0.3 is 19.5 Å². The van der Waals surface area contributed by atoms with E-state index < -0.39 is 0 Å². The second-order valence-corrected chi connectivity index (χ2v) is 8.44. The fraction of sp³-hybridized carbons (Fsp3) is 0.500. The average molecular weight is 487 g/mol. The van der Waals surface area contributed by atoms with Crippen LogP contribution in [0.25, 0.3) is 0 Å². The van der Waals surface area contributed by atoms with E-state index in [9.17, 15) is 15.3 Å². The Labute approximate surface area is 184 Å². The molecule has 0 fully saturated rings. The van der Waals surface area contributed by atoms with Crippen LogP contribution >= 0.6 is 15.9 Å². The molecule has 1 unspecified atom stereocenters. The summed E-state index contributed by atoms with van der Waals surface area (Å²) in [5, 5.41) is 31.2. The molecule has 1 aromatic rings. The summed E-state index contributed by atoms with van der Waals surface area (Å²) >= 11 is 3.39. The van der Waals surface area contributed by atoms with E-state index in [1.165, 1.54) is 5.57 Å². The molecule has 2 rings (SSSR count). The Bertz CT molecular complexity index is 729. The zero-order valence-electron chi connectivity index (χ0n) is 16.6. The Morgan fingerprint density at radius 3 is 2.59 bits per heavy atom. The van der Waals surface area contributed by atoms with Crippen molar-refractivity contribution in [1.82, 2.24) is 0 Å². The molecule has 0 amide bonds. The Balaban J connectivity index is 0.00000364. The first kappa shape index (κ1) is 24.4. The first-order valence-corrected chi connectivity index (χ1v) is 9.86. The summed E-state index contributed by atoms with van der Waals surface area (Å²) in [6, 6.07) is 3.05. The number of rotatable bonds is 6. The van der Waals surface area contributed by atoms with Crippen molar-refractivity contribution in [2.75, 3.05) is 6.61 Å². The van der Waals surface area contributed by atoms with Crippen molar-refractivity contribution in [3.63, 3.8) is 0 Å². The number of allylic oxidation sites excluding steroid dienone is 3. The molecule has 0 radical (unpaired) electrons. The van der Waals surface area contributed by atoms with Gasteiger partial charge in [0.25, 0.3) is 0 Å². The Morgan fingerprint density at radius 1 is 1.44 bits per heavy atom. The van der Waals surface area contributed by atoms with Crippen LogP contribution in [0.3, 0.4) is 0 Å². The van der Waals surface area contributed by atoms with E-state index in [1.807, 2.05) is 6.92 Å². The maximum Gasteiger partial charge on any atom is 2.00 e. The predicted octanol–water partition coefficient (Wildman–Crippen LogP) is 5.75. The summed E-state index contributed by atoms with van der Waals surface area (Å²) in [6.45, 7) is 14.3. The summed E-state index contributed by atoms with van der Waals surface area (Å²) in [4.78, 5) is 0. The smallest absolute Gasteiger partial charge is 0.565 e. The normalized spacial score (nSPS) is 23.3. The molecular formula is C22H29BrO3Zn. The minimum absolute atomic E-state index is 0. The number of aromatic hydroxyl groups is 2. The third-order valence-electron chi connectivity index (χ3n) is 5.91. The van der Waals surface area contributed by atoms with Crippen molar-refractivity contribution in [2.24, 2.45) is 5.41 Å². The number of hydrogen-bond donors (Lipinski definition) is 3. The Morgan fingerprint density at radius 2 is 2.07 bits per heavy atom. The Kier molecular flexibility index (Phi) is 8.78. The molecule has 0 bridgehead atoms. The fourth-order valence-electron chi connectivity index (χ4n) is 3.84. The molecule has 27 heavy (non-hydrogen) atoms. The minimum atomic E-state index is -0.260. The average Bonchev–Trinajstić information content (AvgIpc) is 2.59. The summed E-state index contributed by atoms with van der Waals surface area (Å²) in [5.41, 5.74) is 3.10. The van der Waals surface area contributed by atoms with Crippen LogP contribution in [0, 0.1) is 18.4 Å². The zero-order chi connectivity index (χ0) is 19.6. The van der Waals surface area contributed by atoms with Gasteiger partial charge in [0.1, 0.15) is 0 Å². The predicted molar refractivity (Wildman–Crippen MR) is 109 cm³/mol. The van der Waals surface area contributed by atoms with Crippen LogP contribution in [-0.2, 0) is 19.5 Å². The topological polar surface area (TPSA) is 60.7 Å².